The maximum atomic E-state index is 10.7. The highest BCUT2D eigenvalue weighted by molar-refractivity contribution is 5.72. The molecule has 1 aliphatic heterocycles. The number of hydrogen-bond donors (Lipinski definition) is 7. The van der Waals surface area contributed by atoms with E-state index in [0.717, 1.165) is 0 Å². The summed E-state index contributed by atoms with van der Waals surface area (Å²) in [5.41, 5.74) is 1.23. The molecule has 94 valence electrons. The minimum Gasteiger partial charge on any atom is -0.394 e. The quantitative estimate of drug-likeness (QED) is 0.194. The standard InChI is InChI=1S/C7H14N2O7/c10-1-2-4(11)5(12)3(6(13)16-2)8-7(14)9-15/h2-6,10-13,15H,1H2,(H2,8,9,14). The molecule has 0 aliphatic carbocycles. The summed E-state index contributed by atoms with van der Waals surface area (Å²) in [6, 6.07) is -2.38. The van der Waals surface area contributed by atoms with E-state index in [9.17, 15) is 20.1 Å². The van der Waals surface area contributed by atoms with Crippen molar-refractivity contribution in [3.63, 3.8) is 0 Å². The number of hydroxylamine groups is 1. The van der Waals surface area contributed by atoms with E-state index in [2.05, 4.69) is 0 Å². The van der Waals surface area contributed by atoms with Gasteiger partial charge in [-0.05, 0) is 0 Å². The molecule has 0 aromatic rings. The van der Waals surface area contributed by atoms with Crippen LogP contribution in [0.3, 0.4) is 0 Å². The molecular weight excluding hydrogens is 224 g/mol. The van der Waals surface area contributed by atoms with Gasteiger partial charge in [-0.1, -0.05) is 0 Å². The maximum absolute atomic E-state index is 10.7. The fourth-order valence-electron chi connectivity index (χ4n) is 1.44. The molecule has 9 heteroatoms. The van der Waals surface area contributed by atoms with E-state index in [1.54, 1.807) is 0 Å². The van der Waals surface area contributed by atoms with Crippen molar-refractivity contribution in [3.05, 3.63) is 0 Å². The average molecular weight is 238 g/mol. The normalized spacial score (nSPS) is 39.2. The Bertz CT molecular complexity index is 251. The van der Waals surface area contributed by atoms with E-state index in [4.69, 9.17) is 15.1 Å². The number of hydrogen-bond acceptors (Lipinski definition) is 7. The molecule has 2 amide bonds. The molecule has 0 aromatic carbocycles. The molecule has 0 bridgehead atoms. The van der Waals surface area contributed by atoms with Crippen LogP contribution in [0.25, 0.3) is 0 Å². The Morgan fingerprint density at radius 3 is 2.38 bits per heavy atom. The Balaban J connectivity index is 2.67. The summed E-state index contributed by atoms with van der Waals surface area (Å²) in [6.07, 6.45) is -5.73. The smallest absolute Gasteiger partial charge is 0.338 e. The predicted octanol–water partition coefficient (Wildman–Crippen LogP) is -3.53. The second-order valence-electron chi connectivity index (χ2n) is 3.34. The lowest BCUT2D eigenvalue weighted by molar-refractivity contribution is -0.252. The van der Waals surface area contributed by atoms with E-state index in [0.29, 0.717) is 0 Å². The highest BCUT2D eigenvalue weighted by Crippen LogP contribution is 2.19. The first kappa shape index (κ1) is 13.1. The number of aliphatic hydroxyl groups is 4. The summed E-state index contributed by atoms with van der Waals surface area (Å²) in [5, 5.41) is 47.3. The molecule has 9 nitrogen and oxygen atoms in total. The molecule has 7 N–H and O–H groups in total. The Kier molecular flexibility index (Phi) is 4.41. The molecule has 0 radical (unpaired) electrons. The van der Waals surface area contributed by atoms with Gasteiger partial charge in [0.1, 0.15) is 24.4 Å². The zero-order valence-electron chi connectivity index (χ0n) is 8.15. The van der Waals surface area contributed by atoms with Gasteiger partial charge in [-0.2, -0.15) is 0 Å². The summed E-state index contributed by atoms with van der Waals surface area (Å²) in [5.74, 6) is 0. The van der Waals surface area contributed by atoms with Crippen LogP contribution < -0.4 is 10.8 Å². The van der Waals surface area contributed by atoms with E-state index in [-0.39, 0.29) is 0 Å². The number of ether oxygens (including phenoxy) is 1. The van der Waals surface area contributed by atoms with Crippen molar-refractivity contribution >= 4 is 6.03 Å². The van der Waals surface area contributed by atoms with Gasteiger partial charge in [0.25, 0.3) is 0 Å². The number of carbonyl (C=O) groups excluding carboxylic acids is 1. The summed E-state index contributed by atoms with van der Waals surface area (Å²) in [4.78, 5) is 10.7. The number of urea groups is 1. The molecule has 5 atom stereocenters. The Labute approximate surface area is 90.2 Å². The Morgan fingerprint density at radius 2 is 1.88 bits per heavy atom. The summed E-state index contributed by atoms with van der Waals surface area (Å²) >= 11 is 0. The lowest BCUT2D eigenvalue weighted by Gasteiger charge is -2.40. The molecule has 0 spiro atoms. The van der Waals surface area contributed by atoms with Crippen LogP contribution in [-0.4, -0.2) is 68.9 Å². The molecule has 1 saturated heterocycles. The van der Waals surface area contributed by atoms with Crippen LogP contribution in [0.15, 0.2) is 0 Å². The third kappa shape index (κ3) is 2.58. The Morgan fingerprint density at radius 1 is 1.25 bits per heavy atom. The second-order valence-corrected chi connectivity index (χ2v) is 3.34. The topological polar surface area (TPSA) is 152 Å². The van der Waals surface area contributed by atoms with E-state index in [1.807, 2.05) is 5.32 Å². The largest absolute Gasteiger partial charge is 0.394 e. The van der Waals surface area contributed by atoms with Gasteiger partial charge in [-0.25, -0.2) is 10.3 Å². The van der Waals surface area contributed by atoms with Crippen molar-refractivity contribution in [2.75, 3.05) is 6.61 Å². The highest BCUT2D eigenvalue weighted by atomic mass is 16.6. The van der Waals surface area contributed by atoms with Gasteiger partial charge < -0.3 is 30.5 Å². The van der Waals surface area contributed by atoms with E-state index in [1.165, 1.54) is 5.48 Å². The molecule has 0 saturated carbocycles. The summed E-state index contributed by atoms with van der Waals surface area (Å²) in [7, 11) is 0. The predicted molar refractivity (Wildman–Crippen MR) is 47.2 cm³/mol. The minimum absolute atomic E-state index is 0.589. The number of amides is 2. The van der Waals surface area contributed by atoms with Crippen LogP contribution in [0, 0.1) is 0 Å². The Hall–Kier alpha value is -0.970. The van der Waals surface area contributed by atoms with Gasteiger partial charge >= 0.3 is 6.03 Å². The van der Waals surface area contributed by atoms with Gasteiger partial charge in [0.05, 0.1) is 6.61 Å². The van der Waals surface area contributed by atoms with Crippen molar-refractivity contribution in [1.29, 1.82) is 0 Å². The number of carbonyl (C=O) groups is 1. The zero-order chi connectivity index (χ0) is 12.3. The molecular formula is C7H14N2O7. The van der Waals surface area contributed by atoms with Crippen molar-refractivity contribution in [2.45, 2.75) is 30.6 Å². The van der Waals surface area contributed by atoms with Gasteiger partial charge in [-0.15, -0.1) is 0 Å². The van der Waals surface area contributed by atoms with Gasteiger partial charge in [0.15, 0.2) is 6.29 Å². The minimum atomic E-state index is -1.60. The van der Waals surface area contributed by atoms with E-state index < -0.39 is 43.3 Å². The van der Waals surface area contributed by atoms with Crippen LogP contribution in [0.4, 0.5) is 4.79 Å². The number of rotatable bonds is 2. The molecule has 0 aromatic heterocycles. The third-order valence-electron chi connectivity index (χ3n) is 2.30. The average Bonchev–Trinajstić information content (AvgIpc) is 2.28. The van der Waals surface area contributed by atoms with Crippen LogP contribution in [-0.2, 0) is 4.74 Å². The van der Waals surface area contributed by atoms with E-state index >= 15 is 0 Å². The molecule has 5 unspecified atom stereocenters. The van der Waals surface area contributed by atoms with Crippen molar-refractivity contribution in [2.24, 2.45) is 0 Å². The van der Waals surface area contributed by atoms with Gasteiger partial charge in [-0.3, -0.25) is 5.21 Å². The third-order valence-corrected chi connectivity index (χ3v) is 2.30. The lowest BCUT2D eigenvalue weighted by Crippen LogP contribution is -2.64. The van der Waals surface area contributed by atoms with Gasteiger partial charge in [0, 0.05) is 0 Å². The summed E-state index contributed by atoms with van der Waals surface area (Å²) in [6.45, 7) is -0.589. The van der Waals surface area contributed by atoms with Crippen molar-refractivity contribution in [3.8, 4) is 0 Å². The monoisotopic (exact) mass is 238 g/mol. The van der Waals surface area contributed by atoms with Crippen LogP contribution in [0.1, 0.15) is 0 Å². The van der Waals surface area contributed by atoms with Gasteiger partial charge in [0.2, 0.25) is 0 Å². The lowest BCUT2D eigenvalue weighted by atomic mass is 9.97. The molecule has 1 heterocycles. The molecule has 1 rings (SSSR count). The molecule has 16 heavy (non-hydrogen) atoms. The van der Waals surface area contributed by atoms with Crippen LogP contribution >= 0.6 is 0 Å². The summed E-state index contributed by atoms with van der Waals surface area (Å²) < 4.78 is 4.75. The van der Waals surface area contributed by atoms with Crippen molar-refractivity contribution in [1.82, 2.24) is 10.8 Å². The number of nitrogens with one attached hydrogen (secondary N) is 2. The van der Waals surface area contributed by atoms with Crippen molar-refractivity contribution < 1.29 is 35.2 Å². The number of aliphatic hydroxyl groups excluding tert-OH is 4. The molecule has 1 aliphatic rings. The highest BCUT2D eigenvalue weighted by Gasteiger charge is 2.44. The fourth-order valence-corrected chi connectivity index (χ4v) is 1.44. The zero-order valence-corrected chi connectivity index (χ0v) is 8.15. The maximum Gasteiger partial charge on any atom is 0.338 e. The SMILES string of the molecule is O=C(NO)NC1C(O)OC(CO)C(O)C1O. The fraction of sp³-hybridized carbons (Fsp3) is 0.857. The van der Waals surface area contributed by atoms with Crippen LogP contribution in [0.5, 0.6) is 0 Å². The first-order valence-corrected chi connectivity index (χ1v) is 4.52. The van der Waals surface area contributed by atoms with Crippen LogP contribution in [0.2, 0.25) is 0 Å². The first-order valence-electron chi connectivity index (χ1n) is 4.52. The first-order chi connectivity index (χ1) is 7.51. The molecule has 1 fully saturated rings. The second kappa shape index (κ2) is 5.39.